The molecule has 0 radical (unpaired) electrons. The Morgan fingerprint density at radius 1 is 1.09 bits per heavy atom. The summed E-state index contributed by atoms with van der Waals surface area (Å²) < 4.78 is 25.1. The van der Waals surface area contributed by atoms with Crippen molar-refractivity contribution in [3.05, 3.63) is 63.4 Å². The van der Waals surface area contributed by atoms with E-state index in [1.54, 1.807) is 0 Å². The van der Waals surface area contributed by atoms with Crippen LogP contribution < -0.4 is 9.47 Å². The first-order valence-electron chi connectivity index (χ1n) is 6.96. The smallest absolute Gasteiger partial charge is 0.197 e. The Kier molecular flexibility index (Phi) is 3.83. The molecule has 2 aromatic carbocycles. The topological polar surface area (TPSA) is 18.5 Å². The lowest BCUT2D eigenvalue weighted by molar-refractivity contribution is 0.336. The minimum atomic E-state index is -0.347. The first kappa shape index (κ1) is 14.9. The summed E-state index contributed by atoms with van der Waals surface area (Å²) in [5.74, 6) is 0.214. The average molecular weight is 319 g/mol. The van der Waals surface area contributed by atoms with E-state index in [-0.39, 0.29) is 11.6 Å². The summed E-state index contributed by atoms with van der Waals surface area (Å²) in [6.45, 7) is 2.02. The van der Waals surface area contributed by atoms with Crippen LogP contribution in [0.25, 0.3) is 5.57 Å². The molecule has 0 heterocycles. The molecule has 0 atom stereocenters. The van der Waals surface area contributed by atoms with Crippen LogP contribution in [0.5, 0.6) is 11.5 Å². The van der Waals surface area contributed by atoms with Gasteiger partial charge in [0.1, 0.15) is 0 Å². The van der Waals surface area contributed by atoms with Crippen molar-refractivity contribution in [3.8, 4) is 11.5 Å². The van der Waals surface area contributed by atoms with E-state index in [1.165, 1.54) is 14.2 Å². The molecule has 0 aliphatic heterocycles. The van der Waals surface area contributed by atoms with Crippen LogP contribution >= 0.6 is 11.6 Å². The van der Waals surface area contributed by atoms with Gasteiger partial charge >= 0.3 is 0 Å². The zero-order valence-corrected chi connectivity index (χ0v) is 13.4. The van der Waals surface area contributed by atoms with Crippen molar-refractivity contribution >= 4 is 17.2 Å². The Balaban J connectivity index is 2.20. The molecule has 0 saturated heterocycles. The lowest BCUT2D eigenvalue weighted by Crippen LogP contribution is -2.00. The molecule has 2 nitrogen and oxygen atoms in total. The molecule has 0 bridgehead atoms. The highest BCUT2D eigenvalue weighted by molar-refractivity contribution is 6.30. The van der Waals surface area contributed by atoms with Gasteiger partial charge in [0.2, 0.25) is 0 Å². The molecule has 22 heavy (non-hydrogen) atoms. The van der Waals surface area contributed by atoms with Crippen molar-refractivity contribution < 1.29 is 13.9 Å². The number of fused-ring (bicyclic) bond motifs is 1. The van der Waals surface area contributed by atoms with E-state index in [0.717, 1.165) is 22.3 Å². The number of hydrogen-bond acceptors (Lipinski definition) is 2. The molecular formula is C18H16ClFO2. The predicted molar refractivity (Wildman–Crippen MR) is 86.4 cm³/mol. The van der Waals surface area contributed by atoms with Crippen LogP contribution in [0.15, 0.2) is 35.9 Å². The van der Waals surface area contributed by atoms with E-state index in [2.05, 4.69) is 0 Å². The molecule has 0 saturated carbocycles. The van der Waals surface area contributed by atoms with E-state index in [9.17, 15) is 4.39 Å². The molecule has 3 rings (SSSR count). The van der Waals surface area contributed by atoms with Gasteiger partial charge in [-0.3, -0.25) is 0 Å². The number of benzene rings is 2. The largest absolute Gasteiger partial charge is 0.493 e. The first-order valence-corrected chi connectivity index (χ1v) is 7.34. The van der Waals surface area contributed by atoms with Crippen LogP contribution in [-0.2, 0) is 6.42 Å². The van der Waals surface area contributed by atoms with Crippen LogP contribution in [0.3, 0.4) is 0 Å². The Morgan fingerprint density at radius 3 is 2.36 bits per heavy atom. The zero-order valence-electron chi connectivity index (χ0n) is 12.7. The van der Waals surface area contributed by atoms with Crippen molar-refractivity contribution in [1.82, 2.24) is 0 Å². The molecule has 114 valence electrons. The fourth-order valence-electron chi connectivity index (χ4n) is 2.99. The van der Waals surface area contributed by atoms with Crippen LogP contribution in [0, 0.1) is 5.82 Å². The number of allylic oxidation sites excluding steroid dienone is 1. The second-order valence-corrected chi connectivity index (χ2v) is 5.73. The lowest BCUT2D eigenvalue weighted by Gasteiger charge is -2.14. The normalized spacial score (nSPS) is 13.3. The van der Waals surface area contributed by atoms with Crippen molar-refractivity contribution in [2.45, 2.75) is 13.3 Å². The van der Waals surface area contributed by atoms with Gasteiger partial charge in [-0.05, 0) is 48.2 Å². The highest BCUT2D eigenvalue weighted by atomic mass is 35.5. The molecule has 1 aliphatic rings. The monoisotopic (exact) mass is 318 g/mol. The molecular weight excluding hydrogens is 303 g/mol. The maximum atomic E-state index is 14.7. The zero-order chi connectivity index (χ0) is 15.9. The van der Waals surface area contributed by atoms with Gasteiger partial charge < -0.3 is 9.47 Å². The third-order valence-electron chi connectivity index (χ3n) is 3.98. The van der Waals surface area contributed by atoms with Gasteiger partial charge in [-0.25, -0.2) is 4.39 Å². The highest BCUT2D eigenvalue weighted by Crippen LogP contribution is 2.45. The van der Waals surface area contributed by atoms with E-state index in [4.69, 9.17) is 21.1 Å². The van der Waals surface area contributed by atoms with Crippen LogP contribution in [0.2, 0.25) is 5.02 Å². The molecule has 0 aromatic heterocycles. The standard InChI is InChI=1S/C18H16ClFO2/c1-10-8-14-13(9-15(21-2)18(22-3)17(14)20)16(10)11-4-6-12(19)7-5-11/h4-7,9H,8H2,1-3H3. The van der Waals surface area contributed by atoms with Crippen LogP contribution in [0.1, 0.15) is 23.6 Å². The quantitative estimate of drug-likeness (QED) is 0.803. The molecule has 2 aromatic rings. The van der Waals surface area contributed by atoms with E-state index < -0.39 is 0 Å². The summed E-state index contributed by atoms with van der Waals surface area (Å²) in [4.78, 5) is 0. The summed E-state index contributed by atoms with van der Waals surface area (Å²) in [7, 11) is 2.96. The first-order chi connectivity index (χ1) is 10.6. The Morgan fingerprint density at radius 2 is 1.77 bits per heavy atom. The van der Waals surface area contributed by atoms with Crippen LogP contribution in [-0.4, -0.2) is 14.2 Å². The van der Waals surface area contributed by atoms with E-state index in [1.807, 2.05) is 37.3 Å². The minimum absolute atomic E-state index is 0.159. The number of methoxy groups -OCH3 is 2. The molecule has 0 unspecified atom stereocenters. The van der Waals surface area contributed by atoms with Crippen molar-refractivity contribution in [2.24, 2.45) is 0 Å². The highest BCUT2D eigenvalue weighted by Gasteiger charge is 2.28. The van der Waals surface area contributed by atoms with Gasteiger partial charge in [0.25, 0.3) is 0 Å². The summed E-state index contributed by atoms with van der Waals surface area (Å²) in [5, 5.41) is 0.679. The molecule has 0 amide bonds. The van der Waals surface area contributed by atoms with Crippen molar-refractivity contribution in [1.29, 1.82) is 0 Å². The third-order valence-corrected chi connectivity index (χ3v) is 4.24. The molecule has 1 aliphatic carbocycles. The van der Waals surface area contributed by atoms with Crippen LogP contribution in [0.4, 0.5) is 4.39 Å². The molecule has 4 heteroatoms. The fraction of sp³-hybridized carbons (Fsp3) is 0.222. The maximum absolute atomic E-state index is 14.7. The average Bonchev–Trinajstić information content (AvgIpc) is 2.84. The Hall–Kier alpha value is -2.00. The number of hydrogen-bond donors (Lipinski definition) is 0. The lowest BCUT2D eigenvalue weighted by atomic mass is 9.97. The van der Waals surface area contributed by atoms with Gasteiger partial charge in [-0.1, -0.05) is 29.3 Å². The Labute approximate surface area is 134 Å². The minimum Gasteiger partial charge on any atom is -0.493 e. The fourth-order valence-corrected chi connectivity index (χ4v) is 3.11. The molecule has 0 fully saturated rings. The van der Waals surface area contributed by atoms with E-state index >= 15 is 0 Å². The van der Waals surface area contributed by atoms with Gasteiger partial charge in [-0.15, -0.1) is 0 Å². The summed E-state index contributed by atoms with van der Waals surface area (Å²) in [6, 6.07) is 9.42. The predicted octanol–water partition coefficient (Wildman–Crippen LogP) is 4.87. The summed E-state index contributed by atoms with van der Waals surface area (Å²) >= 11 is 5.95. The molecule has 0 spiro atoms. The number of ether oxygens (including phenoxy) is 2. The number of rotatable bonds is 3. The summed E-state index contributed by atoms with van der Waals surface area (Å²) in [6.07, 6.45) is 0.569. The van der Waals surface area contributed by atoms with E-state index in [0.29, 0.717) is 22.8 Å². The summed E-state index contributed by atoms with van der Waals surface area (Å²) in [5.41, 5.74) is 4.68. The van der Waals surface area contributed by atoms with Gasteiger partial charge in [0, 0.05) is 10.6 Å². The second-order valence-electron chi connectivity index (χ2n) is 5.29. The molecule has 0 N–H and O–H groups in total. The van der Waals surface area contributed by atoms with Gasteiger partial charge in [0.15, 0.2) is 17.3 Å². The van der Waals surface area contributed by atoms with Crippen molar-refractivity contribution in [2.75, 3.05) is 14.2 Å². The second kappa shape index (κ2) is 5.65. The maximum Gasteiger partial charge on any atom is 0.197 e. The van der Waals surface area contributed by atoms with Gasteiger partial charge in [-0.2, -0.15) is 0 Å². The van der Waals surface area contributed by atoms with Crippen molar-refractivity contribution in [3.63, 3.8) is 0 Å². The Bertz CT molecular complexity index is 764. The SMILES string of the molecule is COc1cc2c(c(F)c1OC)CC(C)=C2c1ccc(Cl)cc1. The number of halogens is 2. The third kappa shape index (κ3) is 2.26. The van der Waals surface area contributed by atoms with Gasteiger partial charge in [0.05, 0.1) is 14.2 Å².